The molecule has 1 amide bonds. The van der Waals surface area contributed by atoms with Crippen LogP contribution in [0, 0.1) is 0 Å². The van der Waals surface area contributed by atoms with Crippen LogP contribution in [0.1, 0.15) is 29.6 Å². The summed E-state index contributed by atoms with van der Waals surface area (Å²) in [6.07, 6.45) is 4.88. The van der Waals surface area contributed by atoms with Gasteiger partial charge in [0, 0.05) is 19.3 Å². The van der Waals surface area contributed by atoms with Crippen LogP contribution in [0.5, 0.6) is 0 Å². The van der Waals surface area contributed by atoms with E-state index in [4.69, 9.17) is 17.4 Å². The molecule has 18 heavy (non-hydrogen) atoms. The Labute approximate surface area is 110 Å². The number of aromatic nitrogens is 1. The maximum absolute atomic E-state index is 12.0. The predicted octanol–water partition coefficient (Wildman–Crippen LogP) is 1.15. The van der Waals surface area contributed by atoms with Gasteiger partial charge >= 0.3 is 0 Å². The van der Waals surface area contributed by atoms with E-state index in [9.17, 15) is 4.79 Å². The summed E-state index contributed by atoms with van der Waals surface area (Å²) in [5.41, 5.74) is 5.62. The second kappa shape index (κ2) is 5.99. The number of halogens is 1. The molecule has 0 spiro atoms. The Bertz CT molecular complexity index is 433. The number of piperidine rings is 1. The molecule has 7 heteroatoms. The van der Waals surface area contributed by atoms with Gasteiger partial charge < -0.3 is 5.43 Å². The van der Waals surface area contributed by atoms with Crippen LogP contribution in [-0.4, -0.2) is 29.0 Å². The van der Waals surface area contributed by atoms with Gasteiger partial charge in [0.05, 0.1) is 10.6 Å². The van der Waals surface area contributed by atoms with E-state index in [0.717, 1.165) is 25.9 Å². The monoisotopic (exact) mass is 269 g/mol. The molecule has 1 aromatic heterocycles. The second-order valence-electron chi connectivity index (χ2n) is 4.19. The van der Waals surface area contributed by atoms with Crippen molar-refractivity contribution in [2.24, 2.45) is 5.84 Å². The Hall–Kier alpha value is -1.37. The minimum Gasteiger partial charge on any atom is -0.307 e. The molecule has 2 heterocycles. The summed E-state index contributed by atoms with van der Waals surface area (Å²) in [5, 5.41) is 2.25. The van der Waals surface area contributed by atoms with E-state index in [0.29, 0.717) is 16.4 Å². The van der Waals surface area contributed by atoms with E-state index in [1.54, 1.807) is 6.07 Å². The zero-order valence-electron chi connectivity index (χ0n) is 9.95. The zero-order valence-corrected chi connectivity index (χ0v) is 10.7. The van der Waals surface area contributed by atoms with Crippen LogP contribution in [0.15, 0.2) is 12.3 Å². The first-order valence-electron chi connectivity index (χ1n) is 5.89. The van der Waals surface area contributed by atoms with E-state index in [2.05, 4.69) is 15.8 Å². The van der Waals surface area contributed by atoms with Crippen molar-refractivity contribution >= 4 is 23.3 Å². The number of hydrogen-bond donors (Lipinski definition) is 3. The van der Waals surface area contributed by atoms with Crippen molar-refractivity contribution in [1.82, 2.24) is 15.4 Å². The highest BCUT2D eigenvalue weighted by atomic mass is 35.5. The van der Waals surface area contributed by atoms with E-state index >= 15 is 0 Å². The molecule has 1 aliphatic rings. The minimum absolute atomic E-state index is 0.199. The van der Waals surface area contributed by atoms with Crippen molar-refractivity contribution in [2.75, 3.05) is 18.5 Å². The lowest BCUT2D eigenvalue weighted by atomic mass is 10.2. The second-order valence-corrected chi connectivity index (χ2v) is 4.59. The van der Waals surface area contributed by atoms with Crippen LogP contribution in [0.4, 0.5) is 5.82 Å². The molecule has 2 rings (SSSR count). The normalized spacial score (nSPS) is 16.3. The average Bonchev–Trinajstić information content (AvgIpc) is 2.39. The highest BCUT2D eigenvalue weighted by molar-refractivity contribution is 6.33. The molecule has 1 aliphatic heterocycles. The Morgan fingerprint density at radius 1 is 1.39 bits per heavy atom. The minimum atomic E-state index is -0.199. The van der Waals surface area contributed by atoms with Crippen LogP contribution in [-0.2, 0) is 0 Å². The smallest absolute Gasteiger partial charge is 0.267 e. The number of amides is 1. The van der Waals surface area contributed by atoms with E-state index in [-0.39, 0.29) is 5.91 Å². The molecule has 0 saturated carbocycles. The Morgan fingerprint density at radius 2 is 2.11 bits per heavy atom. The number of nitrogen functional groups attached to an aromatic ring is 1. The number of hydrogen-bond acceptors (Lipinski definition) is 5. The van der Waals surface area contributed by atoms with Crippen LogP contribution in [0.3, 0.4) is 0 Å². The fourth-order valence-electron chi connectivity index (χ4n) is 1.88. The van der Waals surface area contributed by atoms with Gasteiger partial charge in [0.2, 0.25) is 0 Å². The molecular weight excluding hydrogens is 254 g/mol. The van der Waals surface area contributed by atoms with Crippen molar-refractivity contribution in [3.63, 3.8) is 0 Å². The first-order chi connectivity index (χ1) is 8.70. The Morgan fingerprint density at radius 3 is 2.72 bits per heavy atom. The number of carbonyl (C=O) groups is 1. The SMILES string of the molecule is NNc1ncc(C(=O)NN2CCCCC2)cc1Cl. The number of nitrogens with one attached hydrogen (secondary N) is 2. The average molecular weight is 270 g/mol. The first-order valence-corrected chi connectivity index (χ1v) is 6.26. The Balaban J connectivity index is 2.01. The predicted molar refractivity (Wildman–Crippen MR) is 69.9 cm³/mol. The third-order valence-corrected chi connectivity index (χ3v) is 3.14. The van der Waals surface area contributed by atoms with Gasteiger partial charge in [0.25, 0.3) is 5.91 Å². The van der Waals surface area contributed by atoms with Crippen LogP contribution < -0.4 is 16.7 Å². The summed E-state index contributed by atoms with van der Waals surface area (Å²) in [4.78, 5) is 15.9. The largest absolute Gasteiger partial charge is 0.307 e. The number of pyridine rings is 1. The molecule has 0 unspecified atom stereocenters. The highest BCUT2D eigenvalue weighted by Crippen LogP contribution is 2.19. The molecule has 0 bridgehead atoms. The standard InChI is InChI=1S/C11H16ClN5O/c12-9-6-8(7-14-10(9)15-13)11(18)16-17-4-2-1-3-5-17/h6-7H,1-5,13H2,(H,14,15)(H,16,18). The third kappa shape index (κ3) is 3.10. The summed E-state index contributed by atoms with van der Waals surface area (Å²) in [7, 11) is 0. The van der Waals surface area contributed by atoms with Crippen LogP contribution in [0.25, 0.3) is 0 Å². The lowest BCUT2D eigenvalue weighted by molar-refractivity contribution is 0.0749. The lowest BCUT2D eigenvalue weighted by Gasteiger charge is -2.26. The lowest BCUT2D eigenvalue weighted by Crippen LogP contribution is -2.45. The summed E-state index contributed by atoms with van der Waals surface area (Å²) < 4.78 is 0. The maximum atomic E-state index is 12.0. The molecule has 6 nitrogen and oxygen atoms in total. The van der Waals surface area contributed by atoms with Crippen molar-refractivity contribution in [3.8, 4) is 0 Å². The van der Waals surface area contributed by atoms with Gasteiger partial charge in [-0.15, -0.1) is 0 Å². The molecule has 0 aromatic carbocycles. The highest BCUT2D eigenvalue weighted by Gasteiger charge is 2.15. The van der Waals surface area contributed by atoms with Gasteiger partial charge in [-0.3, -0.25) is 10.2 Å². The third-order valence-electron chi connectivity index (χ3n) is 2.86. The van der Waals surface area contributed by atoms with Gasteiger partial charge in [-0.25, -0.2) is 15.8 Å². The van der Waals surface area contributed by atoms with Gasteiger partial charge in [-0.05, 0) is 18.9 Å². The molecule has 98 valence electrons. The van der Waals surface area contributed by atoms with Gasteiger partial charge in [0.15, 0.2) is 5.82 Å². The van der Waals surface area contributed by atoms with Crippen molar-refractivity contribution in [1.29, 1.82) is 0 Å². The van der Waals surface area contributed by atoms with E-state index < -0.39 is 0 Å². The number of nitrogens with two attached hydrogens (primary N) is 1. The summed E-state index contributed by atoms with van der Waals surface area (Å²) in [5.74, 6) is 5.37. The molecule has 0 atom stereocenters. The first kappa shape index (κ1) is 13.1. The van der Waals surface area contributed by atoms with E-state index in [1.807, 2.05) is 5.01 Å². The van der Waals surface area contributed by atoms with Gasteiger partial charge in [-0.2, -0.15) is 0 Å². The Kier molecular flexibility index (Phi) is 4.35. The van der Waals surface area contributed by atoms with E-state index in [1.165, 1.54) is 12.6 Å². The van der Waals surface area contributed by atoms with Crippen LogP contribution >= 0.6 is 11.6 Å². The molecular formula is C11H16ClN5O. The van der Waals surface area contributed by atoms with Crippen LogP contribution in [0.2, 0.25) is 5.02 Å². The fraction of sp³-hybridized carbons (Fsp3) is 0.455. The molecule has 0 aliphatic carbocycles. The number of hydrazine groups is 2. The van der Waals surface area contributed by atoms with Crippen molar-refractivity contribution < 1.29 is 4.79 Å². The summed E-state index contributed by atoms with van der Waals surface area (Å²) >= 11 is 5.92. The van der Waals surface area contributed by atoms with Gasteiger partial charge in [-0.1, -0.05) is 18.0 Å². The quantitative estimate of drug-likeness (QED) is 0.566. The maximum Gasteiger partial charge on any atom is 0.267 e. The number of nitrogens with zero attached hydrogens (tertiary/aromatic N) is 2. The van der Waals surface area contributed by atoms with Crippen molar-refractivity contribution in [3.05, 3.63) is 22.8 Å². The molecule has 1 fully saturated rings. The summed E-state index contributed by atoms with van der Waals surface area (Å²) in [6, 6.07) is 1.54. The molecule has 4 N–H and O–H groups in total. The molecule has 0 radical (unpaired) electrons. The number of carbonyl (C=O) groups excluding carboxylic acids is 1. The topological polar surface area (TPSA) is 83.3 Å². The van der Waals surface area contributed by atoms with Gasteiger partial charge in [0.1, 0.15) is 0 Å². The van der Waals surface area contributed by atoms with Crippen molar-refractivity contribution in [2.45, 2.75) is 19.3 Å². The summed E-state index contributed by atoms with van der Waals surface area (Å²) in [6.45, 7) is 1.77. The molecule has 1 aromatic rings. The fourth-order valence-corrected chi connectivity index (χ4v) is 2.10. The molecule has 1 saturated heterocycles. The number of rotatable bonds is 3. The number of anilines is 1. The zero-order chi connectivity index (χ0) is 13.0.